The van der Waals surface area contributed by atoms with E-state index < -0.39 is 0 Å². The number of benzene rings is 1. The van der Waals surface area contributed by atoms with E-state index in [1.54, 1.807) is 16.7 Å². The molecule has 0 aliphatic rings. The molecule has 1 radical (unpaired) electrons. The van der Waals surface area contributed by atoms with Gasteiger partial charge in [0.1, 0.15) is 0 Å². The molecular formula is C38H69. The van der Waals surface area contributed by atoms with E-state index in [2.05, 4.69) is 39.0 Å². The second-order valence-electron chi connectivity index (χ2n) is 12.2. The summed E-state index contributed by atoms with van der Waals surface area (Å²) in [6.45, 7) is 8.54. The largest absolute Gasteiger partial charge is 0.0617 e. The zero-order chi connectivity index (χ0) is 27.4. The summed E-state index contributed by atoms with van der Waals surface area (Å²) in [6, 6.07) is 6.96. The molecule has 38 heavy (non-hydrogen) atoms. The molecule has 0 spiro atoms. The van der Waals surface area contributed by atoms with Crippen LogP contribution in [0.3, 0.4) is 0 Å². The first-order valence-electron chi connectivity index (χ1n) is 17.7. The summed E-state index contributed by atoms with van der Waals surface area (Å²) >= 11 is 0. The predicted molar refractivity (Wildman–Crippen MR) is 174 cm³/mol. The molecule has 0 fully saturated rings. The molecule has 221 valence electrons. The molecule has 0 nitrogen and oxygen atoms in total. The highest BCUT2D eigenvalue weighted by molar-refractivity contribution is 5.35. The van der Waals surface area contributed by atoms with Crippen molar-refractivity contribution in [3.05, 3.63) is 41.8 Å². The van der Waals surface area contributed by atoms with Crippen LogP contribution in [0.1, 0.15) is 197 Å². The SMILES string of the molecule is [CH2]CCCCCCCCCCCCCCCCCCCCCCCCCCCc1cccc(CC)c1CC. The Kier molecular flexibility index (Phi) is 25.8. The van der Waals surface area contributed by atoms with Crippen molar-refractivity contribution in [2.75, 3.05) is 0 Å². The van der Waals surface area contributed by atoms with Crippen LogP contribution in [-0.4, -0.2) is 0 Å². The van der Waals surface area contributed by atoms with Crippen LogP contribution in [0.15, 0.2) is 18.2 Å². The van der Waals surface area contributed by atoms with E-state index >= 15 is 0 Å². The van der Waals surface area contributed by atoms with E-state index in [1.807, 2.05) is 0 Å². The van der Waals surface area contributed by atoms with Gasteiger partial charge in [-0.3, -0.25) is 0 Å². The lowest BCUT2D eigenvalue weighted by Crippen LogP contribution is -1.98. The van der Waals surface area contributed by atoms with Crippen LogP contribution in [0.4, 0.5) is 0 Å². The Morgan fingerprint density at radius 2 is 0.711 bits per heavy atom. The minimum Gasteiger partial charge on any atom is -0.0617 e. The predicted octanol–water partition coefficient (Wildman–Crippen LogP) is 13.3. The molecule has 0 aliphatic carbocycles. The third-order valence-corrected chi connectivity index (χ3v) is 8.80. The van der Waals surface area contributed by atoms with E-state index in [9.17, 15) is 0 Å². The van der Waals surface area contributed by atoms with Crippen LogP contribution in [0.25, 0.3) is 0 Å². The Labute approximate surface area is 241 Å². The monoisotopic (exact) mass is 526 g/mol. The minimum absolute atomic E-state index is 1.12. The number of hydrogen-bond acceptors (Lipinski definition) is 0. The lowest BCUT2D eigenvalue weighted by atomic mass is 9.93. The summed E-state index contributed by atoms with van der Waals surface area (Å²) in [5, 5.41) is 0. The zero-order valence-electron chi connectivity index (χ0n) is 26.4. The molecule has 1 rings (SSSR count). The number of rotatable bonds is 29. The van der Waals surface area contributed by atoms with Crippen molar-refractivity contribution in [1.82, 2.24) is 0 Å². The molecular weight excluding hydrogens is 456 g/mol. The van der Waals surface area contributed by atoms with Gasteiger partial charge in [0.25, 0.3) is 0 Å². The molecule has 0 bridgehead atoms. The summed E-state index contributed by atoms with van der Waals surface area (Å²) in [6.07, 6.45) is 41.2. The van der Waals surface area contributed by atoms with Gasteiger partial charge < -0.3 is 0 Å². The molecule has 1 aromatic carbocycles. The smallest absolute Gasteiger partial charge is 0.0276 e. The molecule has 0 atom stereocenters. The molecule has 0 aromatic heterocycles. The molecule has 0 aliphatic heterocycles. The van der Waals surface area contributed by atoms with Gasteiger partial charge in [0, 0.05) is 0 Å². The van der Waals surface area contributed by atoms with Crippen LogP contribution in [0.2, 0.25) is 0 Å². The zero-order valence-corrected chi connectivity index (χ0v) is 26.4. The summed E-state index contributed by atoms with van der Waals surface area (Å²) in [5.74, 6) is 0. The fraction of sp³-hybridized carbons (Fsp3) is 0.816. The summed E-state index contributed by atoms with van der Waals surface area (Å²) in [5.41, 5.74) is 4.82. The van der Waals surface area contributed by atoms with Crippen molar-refractivity contribution in [2.24, 2.45) is 0 Å². The Balaban J connectivity index is 1.74. The van der Waals surface area contributed by atoms with Crippen molar-refractivity contribution in [3.8, 4) is 0 Å². The van der Waals surface area contributed by atoms with Gasteiger partial charge in [-0.2, -0.15) is 0 Å². The fourth-order valence-corrected chi connectivity index (χ4v) is 6.27. The second kappa shape index (κ2) is 27.8. The standard InChI is InChI=1S/C38H69/c1-4-7-8-9-10-11-12-13-14-15-16-17-18-19-20-21-22-23-24-25-26-27-28-29-30-31-33-37-35-32-34-36(5-2)38(37)6-3/h32,34-35H,1,4-31,33H2,2-3H3. The summed E-state index contributed by atoms with van der Waals surface area (Å²) in [4.78, 5) is 0. The molecule has 0 saturated heterocycles. The van der Waals surface area contributed by atoms with Gasteiger partial charge in [0.2, 0.25) is 0 Å². The van der Waals surface area contributed by atoms with E-state index in [4.69, 9.17) is 0 Å². The highest BCUT2D eigenvalue weighted by Crippen LogP contribution is 2.20. The number of aryl methyl sites for hydroxylation is 2. The average molecular weight is 526 g/mol. The van der Waals surface area contributed by atoms with Gasteiger partial charge in [-0.15, -0.1) is 0 Å². The number of unbranched alkanes of at least 4 members (excludes halogenated alkanes) is 25. The van der Waals surface area contributed by atoms with Crippen molar-refractivity contribution >= 4 is 0 Å². The quantitative estimate of drug-likeness (QED) is 0.0912. The Hall–Kier alpha value is -0.780. The first-order chi connectivity index (χ1) is 18.8. The Morgan fingerprint density at radius 3 is 1.03 bits per heavy atom. The molecule has 0 heterocycles. The molecule has 0 unspecified atom stereocenters. The van der Waals surface area contributed by atoms with Crippen molar-refractivity contribution in [1.29, 1.82) is 0 Å². The third kappa shape index (κ3) is 20.2. The normalized spacial score (nSPS) is 11.4. The van der Waals surface area contributed by atoms with Gasteiger partial charge in [-0.05, 0) is 42.4 Å². The van der Waals surface area contributed by atoms with Gasteiger partial charge in [0.15, 0.2) is 0 Å². The lowest BCUT2D eigenvalue weighted by molar-refractivity contribution is 0.515. The van der Waals surface area contributed by atoms with Crippen LogP contribution >= 0.6 is 0 Å². The van der Waals surface area contributed by atoms with Crippen LogP contribution < -0.4 is 0 Å². The number of hydrogen-bond donors (Lipinski definition) is 0. The first kappa shape index (κ1) is 35.2. The van der Waals surface area contributed by atoms with Gasteiger partial charge >= 0.3 is 0 Å². The van der Waals surface area contributed by atoms with Crippen molar-refractivity contribution < 1.29 is 0 Å². The second-order valence-corrected chi connectivity index (χ2v) is 12.2. The molecule has 0 heteroatoms. The van der Waals surface area contributed by atoms with Crippen LogP contribution in [-0.2, 0) is 19.3 Å². The molecule has 1 aromatic rings. The highest BCUT2D eigenvalue weighted by Gasteiger charge is 2.05. The van der Waals surface area contributed by atoms with E-state index in [0.29, 0.717) is 0 Å². The maximum absolute atomic E-state index is 3.93. The van der Waals surface area contributed by atoms with Crippen molar-refractivity contribution in [2.45, 2.75) is 200 Å². The fourth-order valence-electron chi connectivity index (χ4n) is 6.27. The van der Waals surface area contributed by atoms with Gasteiger partial charge in [-0.25, -0.2) is 0 Å². The van der Waals surface area contributed by atoms with Gasteiger partial charge in [0.05, 0.1) is 0 Å². The minimum atomic E-state index is 1.12. The maximum Gasteiger partial charge on any atom is -0.0276 e. The van der Waals surface area contributed by atoms with Crippen molar-refractivity contribution in [3.63, 3.8) is 0 Å². The molecule has 0 amide bonds. The van der Waals surface area contributed by atoms with E-state index in [-0.39, 0.29) is 0 Å². The van der Waals surface area contributed by atoms with E-state index in [1.165, 1.54) is 180 Å². The molecule has 0 N–H and O–H groups in total. The Bertz CT molecular complexity index is 600. The maximum atomic E-state index is 3.93. The highest BCUT2D eigenvalue weighted by atomic mass is 14.1. The molecule has 0 saturated carbocycles. The lowest BCUT2D eigenvalue weighted by Gasteiger charge is -2.12. The topological polar surface area (TPSA) is 0 Å². The average Bonchev–Trinajstić information content (AvgIpc) is 2.94. The van der Waals surface area contributed by atoms with E-state index in [0.717, 1.165) is 6.42 Å². The summed E-state index contributed by atoms with van der Waals surface area (Å²) < 4.78 is 0. The van der Waals surface area contributed by atoms with Gasteiger partial charge in [-0.1, -0.05) is 199 Å². The Morgan fingerprint density at radius 1 is 0.395 bits per heavy atom. The first-order valence-corrected chi connectivity index (χ1v) is 17.7. The third-order valence-electron chi connectivity index (χ3n) is 8.80. The van der Waals surface area contributed by atoms with Crippen LogP contribution in [0, 0.1) is 6.92 Å². The van der Waals surface area contributed by atoms with Crippen LogP contribution in [0.5, 0.6) is 0 Å². The summed E-state index contributed by atoms with van der Waals surface area (Å²) in [7, 11) is 0.